The first-order valence-corrected chi connectivity index (χ1v) is 18.2. The Labute approximate surface area is 294 Å². The molecule has 10 heteroatoms. The quantitative estimate of drug-likeness (QED) is 0.223. The number of nitrogens with one attached hydrogen (secondary N) is 2. The largest absolute Gasteiger partial charge is 0.444 e. The maximum Gasteiger partial charge on any atom is 0.411 e. The Morgan fingerprint density at radius 2 is 1.34 bits per heavy atom. The van der Waals surface area contributed by atoms with Crippen molar-refractivity contribution in [2.24, 2.45) is 5.92 Å². The van der Waals surface area contributed by atoms with Crippen molar-refractivity contribution in [3.05, 3.63) is 71.6 Å². The van der Waals surface area contributed by atoms with Crippen molar-refractivity contribution in [2.45, 2.75) is 116 Å². The number of amides is 2. The number of hydrogen-bond donors (Lipinski definition) is 2. The van der Waals surface area contributed by atoms with E-state index in [0.29, 0.717) is 12.5 Å². The third kappa shape index (κ3) is 6.07. The molecule has 4 aromatic rings. The van der Waals surface area contributed by atoms with Gasteiger partial charge in [-0.3, -0.25) is 9.80 Å². The van der Waals surface area contributed by atoms with E-state index in [-0.39, 0.29) is 30.3 Å². The molecular formula is C40H48N6O4. The standard InChI is InChI=1S/C40H48N6O4/c1-39(2,3)49-37(47)45-17-7-8-33(45)35-41-21-31(43-35)25-12-15-29-23(18-25)9-10-24-19-26(13-16-30(24)29)32-22-42-36(44-32)34-27-11-14-28(20-27)46(34)38(48)50-40(4,5)6/h12-13,15-16,18-19,21-22,27-28,33-34H,7-11,14,17,20H2,1-6H3,(H,41,43)(H,42,44)/t27-,28+,33?,34-/m0/s1. The lowest BCUT2D eigenvalue weighted by atomic mass is 9.83. The van der Waals surface area contributed by atoms with Crippen LogP contribution in [0.4, 0.5) is 9.59 Å². The average Bonchev–Trinajstić information content (AvgIpc) is 3.90. The summed E-state index contributed by atoms with van der Waals surface area (Å²) in [5, 5.41) is 0. The molecule has 1 unspecified atom stereocenters. The maximum atomic E-state index is 13.2. The molecule has 2 saturated heterocycles. The fraction of sp³-hybridized carbons (Fsp3) is 0.500. The first-order valence-electron chi connectivity index (χ1n) is 18.2. The second kappa shape index (κ2) is 12.0. The second-order valence-corrected chi connectivity index (χ2v) is 16.5. The summed E-state index contributed by atoms with van der Waals surface area (Å²) in [4.78, 5) is 46.5. The number of hydrogen-bond acceptors (Lipinski definition) is 6. The highest BCUT2D eigenvalue weighted by Crippen LogP contribution is 2.50. The zero-order valence-corrected chi connectivity index (χ0v) is 30.0. The number of H-pyrrole nitrogens is 2. The van der Waals surface area contributed by atoms with E-state index >= 15 is 0 Å². The Hall–Kier alpha value is -4.60. The lowest BCUT2D eigenvalue weighted by Gasteiger charge is -2.35. The summed E-state index contributed by atoms with van der Waals surface area (Å²) in [5.74, 6) is 2.06. The van der Waals surface area contributed by atoms with Crippen LogP contribution in [0.3, 0.4) is 0 Å². The Morgan fingerprint density at radius 1 is 0.760 bits per heavy atom. The van der Waals surface area contributed by atoms with E-state index in [0.717, 1.165) is 79.1 Å². The molecule has 2 aliphatic carbocycles. The van der Waals surface area contributed by atoms with Crippen LogP contribution in [-0.2, 0) is 22.3 Å². The molecule has 2 aliphatic heterocycles. The number of carbonyl (C=O) groups excluding carboxylic acids is 2. The van der Waals surface area contributed by atoms with Gasteiger partial charge >= 0.3 is 12.2 Å². The van der Waals surface area contributed by atoms with Crippen molar-refractivity contribution in [1.29, 1.82) is 0 Å². The van der Waals surface area contributed by atoms with Gasteiger partial charge in [-0.25, -0.2) is 19.6 Å². The van der Waals surface area contributed by atoms with Crippen LogP contribution in [0.5, 0.6) is 0 Å². The molecule has 50 heavy (non-hydrogen) atoms. The lowest BCUT2D eigenvalue weighted by Crippen LogP contribution is -2.43. The molecule has 4 atom stereocenters. The van der Waals surface area contributed by atoms with E-state index in [2.05, 4.69) is 46.4 Å². The summed E-state index contributed by atoms with van der Waals surface area (Å²) in [6.07, 6.45) is 10.1. The predicted octanol–water partition coefficient (Wildman–Crippen LogP) is 8.76. The van der Waals surface area contributed by atoms with Crippen molar-refractivity contribution in [2.75, 3.05) is 6.54 Å². The molecule has 3 fully saturated rings. The van der Waals surface area contributed by atoms with Crippen molar-refractivity contribution in [3.63, 3.8) is 0 Å². The number of aryl methyl sites for hydroxylation is 2. The van der Waals surface area contributed by atoms with E-state index in [4.69, 9.17) is 19.4 Å². The Kier molecular flexibility index (Phi) is 7.84. The molecule has 4 heterocycles. The molecule has 0 spiro atoms. The topological polar surface area (TPSA) is 116 Å². The zero-order valence-electron chi connectivity index (χ0n) is 30.0. The molecule has 2 N–H and O–H groups in total. The number of aromatic nitrogens is 4. The highest BCUT2D eigenvalue weighted by molar-refractivity contribution is 5.79. The van der Waals surface area contributed by atoms with E-state index < -0.39 is 11.2 Å². The third-order valence-corrected chi connectivity index (χ3v) is 10.6. The van der Waals surface area contributed by atoms with Crippen LogP contribution in [0.1, 0.15) is 109 Å². The van der Waals surface area contributed by atoms with Gasteiger partial charge in [0.2, 0.25) is 0 Å². The van der Waals surface area contributed by atoms with Gasteiger partial charge in [0.15, 0.2) is 0 Å². The molecule has 262 valence electrons. The number of carbonyl (C=O) groups is 2. The fourth-order valence-electron chi connectivity index (χ4n) is 8.52. The smallest absolute Gasteiger partial charge is 0.411 e. The van der Waals surface area contributed by atoms with Gasteiger partial charge in [0.25, 0.3) is 0 Å². The number of fused-ring (bicyclic) bond motifs is 5. The summed E-state index contributed by atoms with van der Waals surface area (Å²) < 4.78 is 11.5. The molecule has 2 aromatic heterocycles. The third-order valence-electron chi connectivity index (χ3n) is 10.6. The van der Waals surface area contributed by atoms with E-state index in [1.54, 1.807) is 4.90 Å². The van der Waals surface area contributed by atoms with Crippen LogP contribution < -0.4 is 0 Å². The SMILES string of the molecule is CC(C)(C)OC(=O)N1CCCC1c1ncc(-c2ccc3c(c2)CCc2cc(-c4cnc([C@@H]5[C@H]6CC[C@H](C6)N5C(=O)OC(C)(C)C)[nH]4)ccc2-3)[nH]1. The highest BCUT2D eigenvalue weighted by Gasteiger charge is 2.51. The van der Waals surface area contributed by atoms with E-state index in [1.807, 2.05) is 58.8 Å². The van der Waals surface area contributed by atoms with Gasteiger partial charge in [-0.05, 0) is 138 Å². The number of ether oxygens (including phenoxy) is 2. The van der Waals surface area contributed by atoms with Crippen molar-refractivity contribution in [1.82, 2.24) is 29.7 Å². The summed E-state index contributed by atoms with van der Waals surface area (Å²) in [7, 11) is 0. The monoisotopic (exact) mass is 676 g/mol. The molecule has 10 nitrogen and oxygen atoms in total. The van der Waals surface area contributed by atoms with Crippen molar-refractivity contribution < 1.29 is 19.1 Å². The Balaban J connectivity index is 0.996. The van der Waals surface area contributed by atoms with Crippen LogP contribution in [-0.4, -0.2) is 65.7 Å². The number of imidazole rings is 2. The normalized spacial score (nSPS) is 22.8. The molecule has 2 aromatic carbocycles. The molecule has 2 amide bonds. The van der Waals surface area contributed by atoms with Gasteiger partial charge in [0.05, 0.1) is 35.9 Å². The van der Waals surface area contributed by atoms with Gasteiger partial charge in [-0.2, -0.15) is 0 Å². The summed E-state index contributed by atoms with van der Waals surface area (Å²) in [6.45, 7) is 12.1. The minimum atomic E-state index is -0.536. The summed E-state index contributed by atoms with van der Waals surface area (Å²) in [5.41, 5.74) is 8.21. The molecule has 1 saturated carbocycles. The van der Waals surface area contributed by atoms with Gasteiger partial charge in [0.1, 0.15) is 22.9 Å². The Bertz CT molecular complexity index is 1950. The van der Waals surface area contributed by atoms with E-state index in [1.165, 1.54) is 22.3 Å². The minimum absolute atomic E-state index is 0.0796. The second-order valence-electron chi connectivity index (χ2n) is 16.5. The number of likely N-dealkylation sites (tertiary alicyclic amines) is 2. The highest BCUT2D eigenvalue weighted by atomic mass is 16.6. The molecule has 0 radical (unpaired) electrons. The maximum absolute atomic E-state index is 13.2. The minimum Gasteiger partial charge on any atom is -0.444 e. The number of benzene rings is 2. The molecule has 8 rings (SSSR count). The number of nitrogens with zero attached hydrogens (tertiary/aromatic N) is 4. The average molecular weight is 677 g/mol. The van der Waals surface area contributed by atoms with Crippen LogP contribution in [0, 0.1) is 5.92 Å². The molecule has 4 aliphatic rings. The molecule has 2 bridgehead atoms. The van der Waals surface area contributed by atoms with Gasteiger partial charge in [-0.1, -0.05) is 24.3 Å². The van der Waals surface area contributed by atoms with Gasteiger partial charge in [0, 0.05) is 12.6 Å². The molecular weight excluding hydrogens is 628 g/mol. The Morgan fingerprint density at radius 3 is 1.96 bits per heavy atom. The van der Waals surface area contributed by atoms with Crippen molar-refractivity contribution >= 4 is 12.2 Å². The van der Waals surface area contributed by atoms with Crippen LogP contribution in [0.25, 0.3) is 33.6 Å². The van der Waals surface area contributed by atoms with Gasteiger partial charge < -0.3 is 19.4 Å². The zero-order chi connectivity index (χ0) is 34.9. The summed E-state index contributed by atoms with van der Waals surface area (Å²) >= 11 is 0. The van der Waals surface area contributed by atoms with Crippen molar-refractivity contribution in [3.8, 4) is 33.6 Å². The van der Waals surface area contributed by atoms with Crippen LogP contribution in [0.2, 0.25) is 0 Å². The van der Waals surface area contributed by atoms with Crippen LogP contribution >= 0.6 is 0 Å². The first kappa shape index (κ1) is 32.6. The van der Waals surface area contributed by atoms with Gasteiger partial charge in [-0.15, -0.1) is 0 Å². The van der Waals surface area contributed by atoms with Crippen LogP contribution in [0.15, 0.2) is 48.8 Å². The number of rotatable bonds is 4. The lowest BCUT2D eigenvalue weighted by molar-refractivity contribution is 0.00613. The predicted molar refractivity (Wildman–Crippen MR) is 191 cm³/mol. The number of piperidine rings is 1. The number of aromatic amines is 2. The summed E-state index contributed by atoms with van der Waals surface area (Å²) in [6, 6.07) is 13.4. The fourth-order valence-corrected chi connectivity index (χ4v) is 8.52. The van der Waals surface area contributed by atoms with E-state index in [9.17, 15) is 9.59 Å². The first-order chi connectivity index (χ1) is 23.8.